The topological polar surface area (TPSA) is 12.0 Å². The lowest BCUT2D eigenvalue weighted by Gasteiger charge is -2.27. The van der Waals surface area contributed by atoms with Crippen molar-refractivity contribution in [3.05, 3.63) is 0 Å². The van der Waals surface area contributed by atoms with Crippen LogP contribution in [0.4, 0.5) is 0 Å². The van der Waals surface area contributed by atoms with E-state index in [0.29, 0.717) is 6.04 Å². The Hall–Kier alpha value is -0.0400. The van der Waals surface area contributed by atoms with Crippen molar-refractivity contribution in [2.45, 2.75) is 78.8 Å². The normalized spacial score (nSPS) is 15.9. The first-order chi connectivity index (χ1) is 6.61. The molecule has 0 aromatic rings. The molecule has 0 aliphatic carbocycles. The average molecular weight is 199 g/mol. The molecule has 0 aliphatic rings. The monoisotopic (exact) mass is 199 g/mol. The third-order valence-electron chi connectivity index (χ3n) is 2.85. The van der Waals surface area contributed by atoms with Crippen LogP contribution in [0.15, 0.2) is 0 Å². The molecular weight excluding hydrogens is 170 g/mol. The molecule has 0 aromatic heterocycles. The van der Waals surface area contributed by atoms with E-state index in [4.69, 9.17) is 0 Å². The highest BCUT2D eigenvalue weighted by Gasteiger charge is 2.16. The third-order valence-corrected chi connectivity index (χ3v) is 2.85. The van der Waals surface area contributed by atoms with E-state index in [1.807, 2.05) is 0 Å². The second-order valence-electron chi connectivity index (χ2n) is 4.84. The van der Waals surface area contributed by atoms with Gasteiger partial charge in [0, 0.05) is 12.1 Å². The summed E-state index contributed by atoms with van der Waals surface area (Å²) in [5.41, 5.74) is 0. The van der Waals surface area contributed by atoms with Gasteiger partial charge in [0.15, 0.2) is 0 Å². The van der Waals surface area contributed by atoms with E-state index >= 15 is 0 Å². The summed E-state index contributed by atoms with van der Waals surface area (Å²) in [5.74, 6) is 0.828. The number of unbranched alkanes of at least 4 members (excludes halogenated alkanes) is 1. The van der Waals surface area contributed by atoms with Gasteiger partial charge < -0.3 is 5.32 Å². The molecule has 0 fully saturated rings. The molecule has 0 aliphatic heterocycles. The Morgan fingerprint density at radius 3 is 2.00 bits per heavy atom. The summed E-state index contributed by atoms with van der Waals surface area (Å²) in [6.45, 7) is 11.4. The van der Waals surface area contributed by atoms with Crippen LogP contribution in [0.3, 0.4) is 0 Å². The second kappa shape index (κ2) is 8.28. The maximum absolute atomic E-state index is 3.70. The summed E-state index contributed by atoms with van der Waals surface area (Å²) >= 11 is 0. The first kappa shape index (κ1) is 14.0. The summed E-state index contributed by atoms with van der Waals surface area (Å²) in [6.07, 6.45) is 6.68. The minimum atomic E-state index is 0.621. The fourth-order valence-electron chi connectivity index (χ4n) is 2.04. The Morgan fingerprint density at radius 2 is 1.57 bits per heavy atom. The molecule has 0 radical (unpaired) electrons. The fraction of sp³-hybridized carbons (Fsp3) is 1.00. The summed E-state index contributed by atoms with van der Waals surface area (Å²) < 4.78 is 0. The maximum Gasteiger partial charge on any atom is 0.00950 e. The van der Waals surface area contributed by atoms with Crippen molar-refractivity contribution in [3.8, 4) is 0 Å². The summed E-state index contributed by atoms with van der Waals surface area (Å²) in [6, 6.07) is 1.35. The van der Waals surface area contributed by atoms with Gasteiger partial charge in [-0.25, -0.2) is 0 Å². The lowest BCUT2D eigenvalue weighted by Crippen LogP contribution is -2.39. The van der Waals surface area contributed by atoms with Gasteiger partial charge in [-0.3, -0.25) is 0 Å². The van der Waals surface area contributed by atoms with Crippen molar-refractivity contribution in [2.24, 2.45) is 5.92 Å². The van der Waals surface area contributed by atoms with E-state index in [1.165, 1.54) is 32.1 Å². The lowest BCUT2D eigenvalue weighted by molar-refractivity contribution is 0.311. The largest absolute Gasteiger partial charge is 0.312 e. The lowest BCUT2D eigenvalue weighted by atomic mass is 9.92. The molecule has 2 unspecified atom stereocenters. The molecule has 0 aromatic carbocycles. The Bertz CT molecular complexity index is 120. The highest BCUT2D eigenvalue weighted by atomic mass is 14.9. The van der Waals surface area contributed by atoms with Gasteiger partial charge in [0.25, 0.3) is 0 Å². The van der Waals surface area contributed by atoms with E-state index in [9.17, 15) is 0 Å². The van der Waals surface area contributed by atoms with Crippen LogP contribution in [0, 0.1) is 5.92 Å². The Balaban J connectivity index is 3.94. The standard InChI is InChI=1S/C13H29N/c1-6-8-10-13(14-11(3)4)12(5)9-7-2/h11-14H,6-10H2,1-5H3. The first-order valence-corrected chi connectivity index (χ1v) is 6.37. The van der Waals surface area contributed by atoms with Gasteiger partial charge in [-0.05, 0) is 18.8 Å². The van der Waals surface area contributed by atoms with E-state index < -0.39 is 0 Å². The first-order valence-electron chi connectivity index (χ1n) is 6.37. The van der Waals surface area contributed by atoms with Gasteiger partial charge in [0.1, 0.15) is 0 Å². The molecular formula is C13H29N. The number of nitrogens with one attached hydrogen (secondary N) is 1. The molecule has 0 heterocycles. The van der Waals surface area contributed by atoms with E-state index in [2.05, 4.69) is 39.9 Å². The predicted octanol–water partition coefficient (Wildman–Crippen LogP) is 3.98. The van der Waals surface area contributed by atoms with Crippen molar-refractivity contribution >= 4 is 0 Å². The molecule has 1 heteroatoms. The van der Waals surface area contributed by atoms with Crippen LogP contribution in [-0.2, 0) is 0 Å². The van der Waals surface area contributed by atoms with Crippen LogP contribution in [0.1, 0.15) is 66.7 Å². The van der Waals surface area contributed by atoms with Crippen LogP contribution in [-0.4, -0.2) is 12.1 Å². The molecule has 1 N–H and O–H groups in total. The molecule has 1 nitrogen and oxygen atoms in total. The van der Waals surface area contributed by atoms with Gasteiger partial charge in [-0.2, -0.15) is 0 Å². The number of rotatable bonds is 8. The average Bonchev–Trinajstić information content (AvgIpc) is 2.12. The van der Waals surface area contributed by atoms with Gasteiger partial charge in [0.2, 0.25) is 0 Å². The Morgan fingerprint density at radius 1 is 0.929 bits per heavy atom. The fourth-order valence-corrected chi connectivity index (χ4v) is 2.04. The zero-order valence-electron chi connectivity index (χ0n) is 10.8. The number of hydrogen-bond acceptors (Lipinski definition) is 1. The zero-order valence-corrected chi connectivity index (χ0v) is 10.8. The van der Waals surface area contributed by atoms with Crippen LogP contribution < -0.4 is 5.32 Å². The van der Waals surface area contributed by atoms with Gasteiger partial charge >= 0.3 is 0 Å². The summed E-state index contributed by atoms with van der Waals surface area (Å²) in [4.78, 5) is 0. The van der Waals surface area contributed by atoms with E-state index in [1.54, 1.807) is 0 Å². The quantitative estimate of drug-likeness (QED) is 0.623. The SMILES string of the molecule is CCCCC(NC(C)C)C(C)CCC. The van der Waals surface area contributed by atoms with Crippen LogP contribution in [0.5, 0.6) is 0 Å². The summed E-state index contributed by atoms with van der Waals surface area (Å²) in [7, 11) is 0. The van der Waals surface area contributed by atoms with Gasteiger partial charge in [-0.1, -0.05) is 53.9 Å². The van der Waals surface area contributed by atoms with Gasteiger partial charge in [-0.15, -0.1) is 0 Å². The van der Waals surface area contributed by atoms with Crippen molar-refractivity contribution in [2.75, 3.05) is 0 Å². The summed E-state index contributed by atoms with van der Waals surface area (Å²) in [5, 5.41) is 3.70. The molecule has 0 bridgehead atoms. The smallest absolute Gasteiger partial charge is 0.00950 e. The minimum absolute atomic E-state index is 0.621. The Labute approximate surface area is 90.7 Å². The van der Waals surface area contributed by atoms with Crippen molar-refractivity contribution in [1.29, 1.82) is 0 Å². The molecule has 14 heavy (non-hydrogen) atoms. The molecule has 2 atom stereocenters. The molecule has 0 amide bonds. The van der Waals surface area contributed by atoms with Crippen LogP contribution in [0.25, 0.3) is 0 Å². The zero-order chi connectivity index (χ0) is 11.0. The third kappa shape index (κ3) is 6.42. The van der Waals surface area contributed by atoms with Crippen molar-refractivity contribution < 1.29 is 0 Å². The van der Waals surface area contributed by atoms with Crippen LogP contribution >= 0.6 is 0 Å². The maximum atomic E-state index is 3.70. The van der Waals surface area contributed by atoms with Gasteiger partial charge in [0.05, 0.1) is 0 Å². The number of hydrogen-bond donors (Lipinski definition) is 1. The van der Waals surface area contributed by atoms with E-state index in [-0.39, 0.29) is 0 Å². The van der Waals surface area contributed by atoms with Crippen LogP contribution in [0.2, 0.25) is 0 Å². The predicted molar refractivity (Wildman–Crippen MR) is 65.7 cm³/mol. The molecule has 86 valence electrons. The highest BCUT2D eigenvalue weighted by Crippen LogP contribution is 2.16. The molecule has 0 rings (SSSR count). The van der Waals surface area contributed by atoms with Crippen molar-refractivity contribution in [3.63, 3.8) is 0 Å². The second-order valence-corrected chi connectivity index (χ2v) is 4.84. The molecule has 0 spiro atoms. The minimum Gasteiger partial charge on any atom is -0.312 e. The molecule has 0 saturated carbocycles. The van der Waals surface area contributed by atoms with Crippen molar-refractivity contribution in [1.82, 2.24) is 5.32 Å². The highest BCUT2D eigenvalue weighted by molar-refractivity contribution is 4.74. The molecule has 0 saturated heterocycles. The Kier molecular flexibility index (Phi) is 8.26. The van der Waals surface area contributed by atoms with E-state index in [0.717, 1.165) is 12.0 Å².